The van der Waals surface area contributed by atoms with Gasteiger partial charge in [-0.3, -0.25) is 0 Å². The van der Waals surface area contributed by atoms with Crippen LogP contribution in [0.4, 0.5) is 0 Å². The van der Waals surface area contributed by atoms with Crippen molar-refractivity contribution in [3.05, 3.63) is 24.7 Å². The summed E-state index contributed by atoms with van der Waals surface area (Å²) >= 11 is 0. The number of carbonyl (C=O) groups excluding carboxylic acids is 1. The van der Waals surface area contributed by atoms with Gasteiger partial charge < -0.3 is 5.11 Å². The van der Waals surface area contributed by atoms with Gasteiger partial charge in [-0.05, 0) is 31.4 Å². The lowest BCUT2D eigenvalue weighted by atomic mass is 10.1. The van der Waals surface area contributed by atoms with Crippen LogP contribution in [0.5, 0.6) is 0 Å². The van der Waals surface area contributed by atoms with E-state index in [1.54, 1.807) is 0 Å². The first-order chi connectivity index (χ1) is 6.33. The molecule has 1 aliphatic rings. The second kappa shape index (κ2) is 5.57. The smallest absolute Gasteiger partial charge is 0.306 e. The Labute approximate surface area is 79.3 Å². The largest absolute Gasteiger partial charge is 0.870 e. The lowest BCUT2D eigenvalue weighted by molar-refractivity contribution is -0.406. The zero-order valence-corrected chi connectivity index (χ0v) is 7.92. The third-order valence-corrected chi connectivity index (χ3v) is 2.12. The number of allylic oxidation sites excluding steroid dienone is 2. The quantitative estimate of drug-likeness (QED) is 0.361. The van der Waals surface area contributed by atoms with Crippen LogP contribution in [-0.2, 0) is 4.42 Å². The molecule has 0 spiro atoms. The first-order valence-corrected chi connectivity index (χ1v) is 4.81. The molecule has 0 amide bonds. The van der Waals surface area contributed by atoms with Crippen molar-refractivity contribution in [1.29, 1.82) is 0 Å². The Morgan fingerprint density at radius 3 is 2.92 bits per heavy atom. The maximum atomic E-state index is 10.8. The van der Waals surface area contributed by atoms with E-state index in [2.05, 4.69) is 6.58 Å². The van der Waals surface area contributed by atoms with Gasteiger partial charge in [0, 0.05) is 0 Å². The molecule has 0 N–H and O–H groups in total. The molecule has 2 heteroatoms. The first kappa shape index (κ1) is 10.0. The number of unbranched alkanes of at least 4 members (excludes halogenated alkanes) is 2. The second-order valence-electron chi connectivity index (χ2n) is 3.28. The third kappa shape index (κ3) is 3.92. The Morgan fingerprint density at radius 1 is 1.46 bits per heavy atom. The minimum atomic E-state index is 0.106. The highest BCUT2D eigenvalue weighted by Crippen LogP contribution is 2.10. The highest BCUT2D eigenvalue weighted by molar-refractivity contribution is 5.79. The molecule has 0 aromatic rings. The van der Waals surface area contributed by atoms with Gasteiger partial charge in [0.25, 0.3) is 0 Å². The lowest BCUT2D eigenvalue weighted by Gasteiger charge is -2.07. The Bertz CT molecular complexity index is 226. The standard InChI is InChI=1S/C11H16O2/c1-2-3-4-5-6-11-8-7-10(12)9-13-11/h2,9H,1,3-8H2. The van der Waals surface area contributed by atoms with Crippen molar-refractivity contribution in [3.8, 4) is 0 Å². The van der Waals surface area contributed by atoms with E-state index in [1.165, 1.54) is 6.26 Å². The number of hydrogen-bond donors (Lipinski definition) is 0. The molecule has 0 aromatic heterocycles. The minimum absolute atomic E-state index is 0.106. The average Bonchev–Trinajstić information content (AvgIpc) is 2.15. The lowest BCUT2D eigenvalue weighted by Crippen LogP contribution is -2.13. The van der Waals surface area contributed by atoms with Crippen LogP contribution < -0.4 is 5.11 Å². The van der Waals surface area contributed by atoms with E-state index < -0.39 is 0 Å². The van der Waals surface area contributed by atoms with Crippen molar-refractivity contribution < 1.29 is 9.53 Å². The van der Waals surface area contributed by atoms with Crippen LogP contribution in [-0.4, -0.2) is 5.78 Å². The van der Waals surface area contributed by atoms with Crippen molar-refractivity contribution in [2.24, 2.45) is 0 Å². The van der Waals surface area contributed by atoms with Gasteiger partial charge in [-0.15, -0.1) is 6.58 Å². The molecule has 2 nitrogen and oxygen atoms in total. The van der Waals surface area contributed by atoms with Gasteiger partial charge in [0.05, 0.1) is 12.8 Å². The summed E-state index contributed by atoms with van der Waals surface area (Å²) in [7, 11) is 0. The van der Waals surface area contributed by atoms with Gasteiger partial charge in [0.15, 0.2) is 0 Å². The van der Waals surface area contributed by atoms with E-state index in [-0.39, 0.29) is 5.76 Å². The van der Waals surface area contributed by atoms with E-state index >= 15 is 0 Å². The van der Waals surface area contributed by atoms with Gasteiger partial charge in [0.2, 0.25) is 0 Å². The Hall–Kier alpha value is -1.05. The highest BCUT2D eigenvalue weighted by atomic mass is 16.4. The zero-order valence-electron chi connectivity index (χ0n) is 7.92. The molecule has 13 heavy (non-hydrogen) atoms. The van der Waals surface area contributed by atoms with Gasteiger partial charge in [-0.25, -0.2) is 4.42 Å². The SMILES string of the molecule is C=CCCCCC1=[O+]C=C([O-])CC1. The van der Waals surface area contributed by atoms with Crippen molar-refractivity contribution in [3.63, 3.8) is 0 Å². The molecule has 0 saturated heterocycles. The summed E-state index contributed by atoms with van der Waals surface area (Å²) in [6.07, 6.45) is 9.04. The molecule has 0 aliphatic carbocycles. The summed E-state index contributed by atoms with van der Waals surface area (Å²) in [5.74, 6) is 1.17. The Morgan fingerprint density at radius 2 is 2.31 bits per heavy atom. The van der Waals surface area contributed by atoms with E-state index in [1.807, 2.05) is 6.08 Å². The van der Waals surface area contributed by atoms with Crippen molar-refractivity contribution in [2.45, 2.75) is 38.5 Å². The molecule has 1 rings (SSSR count). The third-order valence-electron chi connectivity index (χ3n) is 2.12. The predicted molar refractivity (Wildman–Crippen MR) is 51.0 cm³/mol. The predicted octanol–water partition coefficient (Wildman–Crippen LogP) is 1.83. The second-order valence-corrected chi connectivity index (χ2v) is 3.28. The Balaban J connectivity index is 2.18. The molecule has 0 saturated carbocycles. The molecule has 0 fully saturated rings. The normalized spacial score (nSPS) is 16.3. The minimum Gasteiger partial charge on any atom is -0.870 e. The molecular formula is C11H16O2. The summed E-state index contributed by atoms with van der Waals surface area (Å²) in [5, 5.41) is 10.8. The van der Waals surface area contributed by atoms with Crippen LogP contribution in [0.1, 0.15) is 38.5 Å². The first-order valence-electron chi connectivity index (χ1n) is 4.81. The topological polar surface area (TPSA) is 34.4 Å². The zero-order chi connectivity index (χ0) is 9.52. The molecule has 0 atom stereocenters. The van der Waals surface area contributed by atoms with E-state index in [0.29, 0.717) is 6.42 Å². The molecular weight excluding hydrogens is 164 g/mol. The Kier molecular flexibility index (Phi) is 4.30. The number of hydrogen-bond acceptors (Lipinski definition) is 1. The fraction of sp³-hybridized carbons (Fsp3) is 0.545. The van der Waals surface area contributed by atoms with Crippen LogP contribution in [0.2, 0.25) is 0 Å². The van der Waals surface area contributed by atoms with Crippen LogP contribution in [0.3, 0.4) is 0 Å². The van der Waals surface area contributed by atoms with Crippen molar-refractivity contribution in [1.82, 2.24) is 0 Å². The molecule has 0 bridgehead atoms. The van der Waals surface area contributed by atoms with Crippen LogP contribution in [0.25, 0.3) is 0 Å². The maximum Gasteiger partial charge on any atom is 0.306 e. The fourth-order valence-electron chi connectivity index (χ4n) is 1.32. The molecule has 0 unspecified atom stereocenters. The molecule has 72 valence electrons. The molecule has 1 aliphatic heterocycles. The number of ketones is 1. The molecule has 0 aromatic carbocycles. The summed E-state index contributed by atoms with van der Waals surface area (Å²) in [5.41, 5.74) is 0. The summed E-state index contributed by atoms with van der Waals surface area (Å²) in [6, 6.07) is 0. The summed E-state index contributed by atoms with van der Waals surface area (Å²) < 4.78 is 5.19. The summed E-state index contributed by atoms with van der Waals surface area (Å²) in [6.45, 7) is 3.67. The van der Waals surface area contributed by atoms with Crippen LogP contribution in [0.15, 0.2) is 24.7 Å². The maximum absolute atomic E-state index is 10.8. The monoisotopic (exact) mass is 180 g/mol. The average molecular weight is 180 g/mol. The van der Waals surface area contributed by atoms with Crippen molar-refractivity contribution in [2.75, 3.05) is 0 Å². The summed E-state index contributed by atoms with van der Waals surface area (Å²) in [4.78, 5) is 0. The van der Waals surface area contributed by atoms with E-state index in [9.17, 15) is 5.11 Å². The highest BCUT2D eigenvalue weighted by Gasteiger charge is 2.14. The molecule has 0 radical (unpaired) electrons. The van der Waals surface area contributed by atoms with Crippen LogP contribution in [0, 0.1) is 0 Å². The number of rotatable bonds is 5. The van der Waals surface area contributed by atoms with Crippen LogP contribution >= 0.6 is 0 Å². The van der Waals surface area contributed by atoms with Gasteiger partial charge in [0.1, 0.15) is 0 Å². The van der Waals surface area contributed by atoms with Gasteiger partial charge >= 0.3 is 12.0 Å². The van der Waals surface area contributed by atoms with E-state index in [4.69, 9.17) is 4.42 Å². The van der Waals surface area contributed by atoms with Gasteiger partial charge in [-0.2, -0.15) is 0 Å². The fourth-order valence-corrected chi connectivity index (χ4v) is 1.32. The van der Waals surface area contributed by atoms with Crippen molar-refractivity contribution >= 4 is 5.78 Å². The van der Waals surface area contributed by atoms with E-state index in [0.717, 1.165) is 37.9 Å². The molecule has 1 heterocycles. The van der Waals surface area contributed by atoms with Gasteiger partial charge in [-0.1, -0.05) is 6.08 Å².